The van der Waals surface area contributed by atoms with Crippen molar-refractivity contribution < 1.29 is 9.59 Å². The Hall–Kier alpha value is -2.82. The Kier molecular flexibility index (Phi) is 6.91. The quantitative estimate of drug-likeness (QED) is 0.814. The number of aryl methyl sites for hydroxylation is 1. The summed E-state index contributed by atoms with van der Waals surface area (Å²) in [5.74, 6) is 0.414. The molecule has 154 valence electrons. The average molecular weight is 394 g/mol. The molecule has 0 aliphatic carbocycles. The first kappa shape index (κ1) is 20.9. The molecular weight excluding hydrogens is 362 g/mol. The van der Waals surface area contributed by atoms with Crippen molar-refractivity contribution in [3.63, 3.8) is 0 Å². The molecule has 1 N–H and O–H groups in total. The van der Waals surface area contributed by atoms with Crippen LogP contribution in [0.25, 0.3) is 0 Å². The highest BCUT2D eigenvalue weighted by molar-refractivity contribution is 5.99. The number of anilines is 1. The first-order chi connectivity index (χ1) is 13.9. The summed E-state index contributed by atoms with van der Waals surface area (Å²) in [5.41, 5.74) is 3.56. The van der Waals surface area contributed by atoms with E-state index in [0.29, 0.717) is 36.7 Å². The highest BCUT2D eigenvalue weighted by Gasteiger charge is 2.23. The molecule has 2 amide bonds. The monoisotopic (exact) mass is 393 g/mol. The lowest BCUT2D eigenvalue weighted by molar-refractivity contribution is 0.0747. The van der Waals surface area contributed by atoms with E-state index in [2.05, 4.69) is 55.3 Å². The van der Waals surface area contributed by atoms with Gasteiger partial charge >= 0.3 is 0 Å². The van der Waals surface area contributed by atoms with Crippen LogP contribution in [0, 0.1) is 12.8 Å². The summed E-state index contributed by atoms with van der Waals surface area (Å²) in [6.07, 6.45) is 0.940. The average Bonchev–Trinajstić information content (AvgIpc) is 2.73. The van der Waals surface area contributed by atoms with Gasteiger partial charge in [0, 0.05) is 49.5 Å². The van der Waals surface area contributed by atoms with Crippen molar-refractivity contribution in [3.8, 4) is 0 Å². The van der Waals surface area contributed by atoms with Crippen molar-refractivity contribution in [1.29, 1.82) is 0 Å². The molecule has 0 aromatic heterocycles. The van der Waals surface area contributed by atoms with Gasteiger partial charge in [0.15, 0.2) is 0 Å². The van der Waals surface area contributed by atoms with Crippen LogP contribution in [0.2, 0.25) is 0 Å². The van der Waals surface area contributed by atoms with Crippen molar-refractivity contribution >= 4 is 17.5 Å². The summed E-state index contributed by atoms with van der Waals surface area (Å²) in [5, 5.41) is 2.93. The molecule has 29 heavy (non-hydrogen) atoms. The third-order valence-electron chi connectivity index (χ3n) is 5.31. The van der Waals surface area contributed by atoms with Crippen LogP contribution >= 0.6 is 0 Å². The van der Waals surface area contributed by atoms with Crippen LogP contribution in [0.5, 0.6) is 0 Å². The van der Waals surface area contributed by atoms with Crippen molar-refractivity contribution in [1.82, 2.24) is 10.2 Å². The minimum absolute atomic E-state index is 0.00859. The summed E-state index contributed by atoms with van der Waals surface area (Å²) >= 11 is 0. The van der Waals surface area contributed by atoms with Crippen molar-refractivity contribution in [3.05, 3.63) is 65.2 Å². The summed E-state index contributed by atoms with van der Waals surface area (Å²) in [6, 6.07) is 15.5. The molecule has 1 saturated heterocycles. The van der Waals surface area contributed by atoms with Gasteiger partial charge < -0.3 is 15.1 Å². The Labute approximate surface area is 173 Å². The lowest BCUT2D eigenvalue weighted by Gasteiger charge is -2.36. The zero-order valence-electron chi connectivity index (χ0n) is 17.6. The van der Waals surface area contributed by atoms with Gasteiger partial charge in [-0.1, -0.05) is 32.0 Å². The van der Waals surface area contributed by atoms with Crippen LogP contribution in [0.1, 0.15) is 46.5 Å². The fourth-order valence-electron chi connectivity index (χ4n) is 3.54. The molecule has 2 aromatic carbocycles. The van der Waals surface area contributed by atoms with Crippen molar-refractivity contribution in [2.75, 3.05) is 37.6 Å². The summed E-state index contributed by atoms with van der Waals surface area (Å²) < 4.78 is 0. The minimum Gasteiger partial charge on any atom is -0.368 e. The van der Waals surface area contributed by atoms with Gasteiger partial charge in [-0.15, -0.1) is 0 Å². The third kappa shape index (κ3) is 5.59. The molecule has 0 unspecified atom stereocenters. The van der Waals surface area contributed by atoms with E-state index < -0.39 is 0 Å². The first-order valence-electron chi connectivity index (χ1n) is 10.4. The van der Waals surface area contributed by atoms with Gasteiger partial charge in [0.1, 0.15) is 0 Å². The van der Waals surface area contributed by atoms with Crippen LogP contribution < -0.4 is 10.2 Å². The Morgan fingerprint density at radius 3 is 2.34 bits per heavy atom. The number of nitrogens with one attached hydrogen (secondary N) is 1. The Bertz CT molecular complexity index is 855. The fourth-order valence-corrected chi connectivity index (χ4v) is 3.54. The largest absolute Gasteiger partial charge is 0.368 e. The number of amides is 2. The van der Waals surface area contributed by atoms with E-state index in [1.54, 1.807) is 24.3 Å². The number of benzene rings is 2. The van der Waals surface area contributed by atoms with Crippen molar-refractivity contribution in [2.45, 2.75) is 27.2 Å². The predicted molar refractivity (Wildman–Crippen MR) is 118 cm³/mol. The summed E-state index contributed by atoms with van der Waals surface area (Å²) in [4.78, 5) is 29.5. The SMILES string of the molecule is Cc1cccc(N2CCN(C(=O)c3cccc(C(=O)NCCC(C)C)c3)CC2)c1. The number of carbonyl (C=O) groups excluding carboxylic acids is 2. The number of rotatable bonds is 6. The van der Waals surface area contributed by atoms with Crippen LogP contribution in [-0.4, -0.2) is 49.4 Å². The molecule has 1 aliphatic heterocycles. The molecule has 0 radical (unpaired) electrons. The molecule has 0 saturated carbocycles. The molecule has 0 bridgehead atoms. The molecule has 0 atom stereocenters. The van der Waals surface area contributed by atoms with Gasteiger partial charge in [-0.05, 0) is 55.2 Å². The molecule has 1 aliphatic rings. The van der Waals surface area contributed by atoms with E-state index in [0.717, 1.165) is 19.5 Å². The molecule has 3 rings (SSSR count). The maximum absolute atomic E-state index is 13.0. The van der Waals surface area contributed by atoms with E-state index in [4.69, 9.17) is 0 Å². The van der Waals surface area contributed by atoms with Crippen LogP contribution in [0.15, 0.2) is 48.5 Å². The molecule has 2 aromatic rings. The summed E-state index contributed by atoms with van der Waals surface area (Å²) in [6.45, 7) is 9.98. The number of hydrogen-bond donors (Lipinski definition) is 1. The maximum Gasteiger partial charge on any atom is 0.253 e. The zero-order valence-corrected chi connectivity index (χ0v) is 17.6. The molecule has 1 heterocycles. The topological polar surface area (TPSA) is 52.7 Å². The van der Waals surface area contributed by atoms with Crippen LogP contribution in [0.3, 0.4) is 0 Å². The van der Waals surface area contributed by atoms with Gasteiger partial charge in [-0.2, -0.15) is 0 Å². The van der Waals surface area contributed by atoms with E-state index in [1.807, 2.05) is 4.90 Å². The molecular formula is C24H31N3O2. The van der Waals surface area contributed by atoms with Gasteiger partial charge in [-0.25, -0.2) is 0 Å². The van der Waals surface area contributed by atoms with E-state index in [9.17, 15) is 9.59 Å². The highest BCUT2D eigenvalue weighted by Crippen LogP contribution is 2.19. The maximum atomic E-state index is 13.0. The minimum atomic E-state index is -0.121. The van der Waals surface area contributed by atoms with E-state index >= 15 is 0 Å². The van der Waals surface area contributed by atoms with Crippen LogP contribution in [-0.2, 0) is 0 Å². The number of nitrogens with zero attached hydrogens (tertiary/aromatic N) is 2. The fraction of sp³-hybridized carbons (Fsp3) is 0.417. The van der Waals surface area contributed by atoms with Gasteiger partial charge in [-0.3, -0.25) is 9.59 Å². The smallest absolute Gasteiger partial charge is 0.253 e. The third-order valence-corrected chi connectivity index (χ3v) is 5.31. The lowest BCUT2D eigenvalue weighted by atomic mass is 10.1. The van der Waals surface area contributed by atoms with E-state index in [-0.39, 0.29) is 11.8 Å². The predicted octanol–water partition coefficient (Wildman–Crippen LogP) is 3.73. The Balaban J connectivity index is 1.59. The second-order valence-electron chi connectivity index (χ2n) is 8.14. The molecule has 5 heteroatoms. The lowest BCUT2D eigenvalue weighted by Crippen LogP contribution is -2.48. The van der Waals surface area contributed by atoms with Gasteiger partial charge in [0.2, 0.25) is 0 Å². The second-order valence-corrected chi connectivity index (χ2v) is 8.14. The van der Waals surface area contributed by atoms with Gasteiger partial charge in [0.25, 0.3) is 11.8 Å². The number of hydrogen-bond acceptors (Lipinski definition) is 3. The molecule has 0 spiro atoms. The van der Waals surface area contributed by atoms with Gasteiger partial charge in [0.05, 0.1) is 0 Å². The Morgan fingerprint density at radius 2 is 1.66 bits per heavy atom. The highest BCUT2D eigenvalue weighted by atomic mass is 16.2. The standard InChI is InChI=1S/C24H31N3O2/c1-18(2)10-11-25-23(28)20-7-5-8-21(17-20)24(29)27-14-12-26(13-15-27)22-9-4-6-19(3)16-22/h4-9,16-18H,10-15H2,1-3H3,(H,25,28). The number of piperazine rings is 1. The second kappa shape index (κ2) is 9.59. The zero-order chi connectivity index (χ0) is 20.8. The summed E-state index contributed by atoms with van der Waals surface area (Å²) in [7, 11) is 0. The van der Waals surface area contributed by atoms with Crippen LogP contribution in [0.4, 0.5) is 5.69 Å². The Morgan fingerprint density at radius 1 is 0.966 bits per heavy atom. The molecule has 1 fully saturated rings. The first-order valence-corrected chi connectivity index (χ1v) is 10.4. The molecule has 5 nitrogen and oxygen atoms in total. The normalized spacial score (nSPS) is 14.2. The number of carbonyl (C=O) groups is 2. The van der Waals surface area contributed by atoms with Crippen molar-refractivity contribution in [2.24, 2.45) is 5.92 Å². The van der Waals surface area contributed by atoms with E-state index in [1.165, 1.54) is 11.3 Å².